The van der Waals surface area contributed by atoms with E-state index in [0.29, 0.717) is 25.2 Å². The minimum absolute atomic E-state index is 0.342. The molecule has 0 N–H and O–H groups in total. The second kappa shape index (κ2) is 10.2. The molecule has 1 aromatic rings. The van der Waals surface area contributed by atoms with E-state index in [1.54, 1.807) is 0 Å². The molecule has 0 aliphatic rings. The summed E-state index contributed by atoms with van der Waals surface area (Å²) in [6.45, 7) is 7.08. The zero-order valence-electron chi connectivity index (χ0n) is 15.7. The number of rotatable bonds is 9. The first-order chi connectivity index (χ1) is 11.8. The maximum absolute atomic E-state index is 12.2. The third-order valence-corrected chi connectivity index (χ3v) is 4.71. The van der Waals surface area contributed by atoms with Crippen molar-refractivity contribution in [1.82, 2.24) is 0 Å². The SMILES string of the molecule is COC(=O)/C(=C\[Si](C)(C)C)C(CCOCc1ccccc1)C(=O)OC. The minimum atomic E-state index is -1.73. The van der Waals surface area contributed by atoms with Crippen LogP contribution in [0.3, 0.4) is 0 Å². The van der Waals surface area contributed by atoms with Gasteiger partial charge in [-0.2, -0.15) is 0 Å². The second-order valence-electron chi connectivity index (χ2n) is 6.86. The average molecular weight is 365 g/mol. The summed E-state index contributed by atoms with van der Waals surface area (Å²) < 4.78 is 15.4. The van der Waals surface area contributed by atoms with Crippen LogP contribution in [0.25, 0.3) is 0 Å². The van der Waals surface area contributed by atoms with Crippen LogP contribution >= 0.6 is 0 Å². The van der Waals surface area contributed by atoms with E-state index in [1.807, 2.05) is 36.0 Å². The van der Waals surface area contributed by atoms with Gasteiger partial charge >= 0.3 is 11.9 Å². The molecule has 0 radical (unpaired) electrons. The molecule has 0 fully saturated rings. The Kier molecular flexibility index (Phi) is 8.58. The normalized spacial score (nSPS) is 13.2. The lowest BCUT2D eigenvalue weighted by Gasteiger charge is -2.20. The fourth-order valence-electron chi connectivity index (χ4n) is 2.39. The van der Waals surface area contributed by atoms with Crippen LogP contribution in [0.1, 0.15) is 12.0 Å². The molecular formula is C19H28O5Si. The van der Waals surface area contributed by atoms with Gasteiger partial charge in [-0.05, 0) is 12.0 Å². The summed E-state index contributed by atoms with van der Waals surface area (Å²) in [6.07, 6.45) is 0.366. The molecule has 0 heterocycles. The lowest BCUT2D eigenvalue weighted by molar-refractivity contribution is -0.148. The lowest BCUT2D eigenvalue weighted by atomic mass is 9.97. The molecule has 0 saturated carbocycles. The van der Waals surface area contributed by atoms with E-state index < -0.39 is 25.9 Å². The highest BCUT2D eigenvalue weighted by molar-refractivity contribution is 6.81. The van der Waals surface area contributed by atoms with E-state index in [2.05, 4.69) is 19.6 Å². The highest BCUT2D eigenvalue weighted by Gasteiger charge is 2.30. The molecule has 0 spiro atoms. The Hall–Kier alpha value is -1.92. The predicted octanol–water partition coefficient (Wildman–Crippen LogP) is 3.36. The Labute approximate surface area is 151 Å². The molecule has 1 unspecified atom stereocenters. The molecule has 0 aliphatic heterocycles. The third-order valence-electron chi connectivity index (χ3n) is 3.53. The standard InChI is InChI=1S/C19H28O5Si/c1-22-18(20)16(17(19(21)23-2)14-25(3,4)5)11-12-24-13-15-9-7-6-8-10-15/h6-10,14,16H,11-13H2,1-5H3/b17-14-. The smallest absolute Gasteiger partial charge is 0.333 e. The molecule has 0 amide bonds. The van der Waals surface area contributed by atoms with Crippen LogP contribution in [0.15, 0.2) is 41.6 Å². The van der Waals surface area contributed by atoms with Crippen LogP contribution in [0.4, 0.5) is 0 Å². The van der Waals surface area contributed by atoms with Gasteiger partial charge in [-0.15, -0.1) is 0 Å². The monoisotopic (exact) mass is 364 g/mol. The van der Waals surface area contributed by atoms with Gasteiger partial charge in [0.2, 0.25) is 0 Å². The van der Waals surface area contributed by atoms with Crippen LogP contribution < -0.4 is 0 Å². The predicted molar refractivity (Wildman–Crippen MR) is 99.7 cm³/mol. The molecule has 25 heavy (non-hydrogen) atoms. The minimum Gasteiger partial charge on any atom is -0.469 e. The van der Waals surface area contributed by atoms with Gasteiger partial charge in [-0.25, -0.2) is 4.79 Å². The van der Waals surface area contributed by atoms with E-state index in [0.717, 1.165) is 5.56 Å². The van der Waals surface area contributed by atoms with Gasteiger partial charge in [0.15, 0.2) is 0 Å². The first kappa shape index (κ1) is 21.1. The highest BCUT2D eigenvalue weighted by Crippen LogP contribution is 2.22. The van der Waals surface area contributed by atoms with Crippen LogP contribution in [0.5, 0.6) is 0 Å². The summed E-state index contributed by atoms with van der Waals surface area (Å²) >= 11 is 0. The van der Waals surface area contributed by atoms with Crippen molar-refractivity contribution in [1.29, 1.82) is 0 Å². The van der Waals surface area contributed by atoms with E-state index >= 15 is 0 Å². The highest BCUT2D eigenvalue weighted by atomic mass is 28.3. The van der Waals surface area contributed by atoms with E-state index in [9.17, 15) is 9.59 Å². The first-order valence-electron chi connectivity index (χ1n) is 8.29. The van der Waals surface area contributed by atoms with E-state index in [4.69, 9.17) is 14.2 Å². The van der Waals surface area contributed by atoms with Crippen molar-refractivity contribution in [3.63, 3.8) is 0 Å². The van der Waals surface area contributed by atoms with Gasteiger partial charge in [0.05, 0.1) is 34.8 Å². The van der Waals surface area contributed by atoms with E-state index in [-0.39, 0.29) is 0 Å². The van der Waals surface area contributed by atoms with Gasteiger partial charge in [0.25, 0.3) is 0 Å². The Balaban J connectivity index is 2.82. The maximum Gasteiger partial charge on any atom is 0.333 e. The van der Waals surface area contributed by atoms with Gasteiger partial charge in [0, 0.05) is 12.2 Å². The molecule has 6 heteroatoms. The number of hydrogen-bond donors (Lipinski definition) is 0. The van der Waals surface area contributed by atoms with Gasteiger partial charge < -0.3 is 14.2 Å². The van der Waals surface area contributed by atoms with Crippen molar-refractivity contribution >= 4 is 20.0 Å². The van der Waals surface area contributed by atoms with Crippen molar-refractivity contribution in [3.05, 3.63) is 47.2 Å². The Bertz CT molecular complexity index is 590. The van der Waals surface area contributed by atoms with Crippen LogP contribution in [0, 0.1) is 5.92 Å². The van der Waals surface area contributed by atoms with Crippen molar-refractivity contribution in [2.45, 2.75) is 32.7 Å². The van der Waals surface area contributed by atoms with Crippen molar-refractivity contribution in [3.8, 4) is 0 Å². The van der Waals surface area contributed by atoms with Crippen LogP contribution in [-0.4, -0.2) is 40.8 Å². The number of esters is 2. The van der Waals surface area contributed by atoms with Crippen LogP contribution in [-0.2, 0) is 30.4 Å². The molecule has 0 bridgehead atoms. The summed E-state index contributed by atoms with van der Waals surface area (Å²) in [5.74, 6) is -1.61. The first-order valence-corrected chi connectivity index (χ1v) is 11.9. The summed E-state index contributed by atoms with van der Waals surface area (Å²) in [4.78, 5) is 24.4. The van der Waals surface area contributed by atoms with Crippen molar-refractivity contribution < 1.29 is 23.8 Å². The Morgan fingerprint density at radius 1 is 1.08 bits per heavy atom. The zero-order chi connectivity index (χ0) is 18.9. The zero-order valence-corrected chi connectivity index (χ0v) is 16.7. The number of ether oxygens (including phenoxy) is 3. The number of benzene rings is 1. The van der Waals surface area contributed by atoms with Crippen molar-refractivity contribution in [2.75, 3.05) is 20.8 Å². The molecule has 1 atom stereocenters. The van der Waals surface area contributed by atoms with Gasteiger partial charge in [0.1, 0.15) is 0 Å². The quantitative estimate of drug-likeness (QED) is 0.291. The number of carbonyl (C=O) groups is 2. The van der Waals surface area contributed by atoms with E-state index in [1.165, 1.54) is 14.2 Å². The molecule has 1 rings (SSSR count). The van der Waals surface area contributed by atoms with Crippen LogP contribution in [0.2, 0.25) is 19.6 Å². The number of hydrogen-bond acceptors (Lipinski definition) is 5. The number of carbonyl (C=O) groups excluding carboxylic acids is 2. The summed E-state index contributed by atoms with van der Waals surface area (Å²) in [5, 5.41) is 0. The van der Waals surface area contributed by atoms with Crippen molar-refractivity contribution in [2.24, 2.45) is 5.92 Å². The molecule has 1 aromatic carbocycles. The molecule has 0 aliphatic carbocycles. The molecular weight excluding hydrogens is 336 g/mol. The third kappa shape index (κ3) is 7.66. The molecule has 5 nitrogen and oxygen atoms in total. The maximum atomic E-state index is 12.2. The Morgan fingerprint density at radius 2 is 1.72 bits per heavy atom. The second-order valence-corrected chi connectivity index (χ2v) is 11.9. The largest absolute Gasteiger partial charge is 0.469 e. The molecule has 138 valence electrons. The molecule has 0 aromatic heterocycles. The summed E-state index contributed by atoms with van der Waals surface area (Å²) in [5.41, 5.74) is 3.33. The Morgan fingerprint density at radius 3 is 2.24 bits per heavy atom. The fraction of sp³-hybridized carbons (Fsp3) is 0.474. The average Bonchev–Trinajstić information content (AvgIpc) is 2.59. The number of methoxy groups -OCH3 is 2. The lowest BCUT2D eigenvalue weighted by Crippen LogP contribution is -2.29. The fourth-order valence-corrected chi connectivity index (χ4v) is 3.65. The molecule has 0 saturated heterocycles. The summed E-state index contributed by atoms with van der Waals surface area (Å²) in [6, 6.07) is 9.79. The summed E-state index contributed by atoms with van der Waals surface area (Å²) in [7, 11) is 0.911. The van der Waals surface area contributed by atoms with Gasteiger partial charge in [-0.3, -0.25) is 4.79 Å². The van der Waals surface area contributed by atoms with Gasteiger partial charge in [-0.1, -0.05) is 55.7 Å². The topological polar surface area (TPSA) is 61.8 Å².